The van der Waals surface area contributed by atoms with E-state index in [-0.39, 0.29) is 11.3 Å². The van der Waals surface area contributed by atoms with Crippen LogP contribution in [-0.4, -0.2) is 8.42 Å². The summed E-state index contributed by atoms with van der Waals surface area (Å²) in [7, 11) is -3.36. The Morgan fingerprint density at radius 3 is 2.50 bits per heavy atom. The van der Waals surface area contributed by atoms with Crippen molar-refractivity contribution in [3.8, 4) is 6.07 Å². The highest BCUT2D eigenvalue weighted by atomic mass is 32.2. The Kier molecular flexibility index (Phi) is 3.43. The zero-order valence-electron chi connectivity index (χ0n) is 7.42. The lowest BCUT2D eigenvalue weighted by molar-refractivity contribution is 0.604. The smallest absolute Gasteiger partial charge is 0.199 e. The lowest BCUT2D eigenvalue weighted by Gasteiger charge is -1.96. The Hall–Kier alpha value is -1.60. The van der Waals surface area contributed by atoms with Gasteiger partial charge in [0.05, 0.1) is 17.4 Å². The SMILES string of the molecule is N#CC/C=C/S(=O)(=O)c1ccccc1. The minimum Gasteiger partial charge on any atom is -0.219 e. The van der Waals surface area contributed by atoms with Crippen LogP contribution in [-0.2, 0) is 9.84 Å². The summed E-state index contributed by atoms with van der Waals surface area (Å²) in [6.45, 7) is 0. The van der Waals surface area contributed by atoms with Crippen LogP contribution < -0.4 is 0 Å². The van der Waals surface area contributed by atoms with Crippen molar-refractivity contribution in [3.05, 3.63) is 41.8 Å². The van der Waals surface area contributed by atoms with E-state index in [1.54, 1.807) is 18.2 Å². The topological polar surface area (TPSA) is 57.9 Å². The van der Waals surface area contributed by atoms with Crippen LogP contribution >= 0.6 is 0 Å². The monoisotopic (exact) mass is 207 g/mol. The molecule has 3 nitrogen and oxygen atoms in total. The number of hydrogen-bond acceptors (Lipinski definition) is 3. The van der Waals surface area contributed by atoms with Crippen LogP contribution in [0.2, 0.25) is 0 Å². The summed E-state index contributed by atoms with van der Waals surface area (Å²) in [5.41, 5.74) is 0. The fraction of sp³-hybridized carbons (Fsp3) is 0.100. The summed E-state index contributed by atoms with van der Waals surface area (Å²) < 4.78 is 23.0. The van der Waals surface area contributed by atoms with Gasteiger partial charge in [-0.05, 0) is 12.1 Å². The third-order valence-corrected chi connectivity index (χ3v) is 3.04. The number of hydrogen-bond donors (Lipinski definition) is 0. The van der Waals surface area contributed by atoms with Gasteiger partial charge in [0.1, 0.15) is 0 Å². The van der Waals surface area contributed by atoms with Crippen molar-refractivity contribution in [2.75, 3.05) is 0 Å². The number of sulfone groups is 1. The summed E-state index contributed by atoms with van der Waals surface area (Å²) >= 11 is 0. The minimum atomic E-state index is -3.36. The van der Waals surface area contributed by atoms with Gasteiger partial charge in [0.15, 0.2) is 9.84 Å². The third kappa shape index (κ3) is 2.71. The van der Waals surface area contributed by atoms with Crippen LogP contribution in [0.4, 0.5) is 0 Å². The lowest BCUT2D eigenvalue weighted by Crippen LogP contribution is -1.94. The van der Waals surface area contributed by atoms with Crippen molar-refractivity contribution < 1.29 is 8.42 Å². The fourth-order valence-corrected chi connectivity index (χ4v) is 1.96. The summed E-state index contributed by atoms with van der Waals surface area (Å²) in [5.74, 6) is 0. The van der Waals surface area contributed by atoms with E-state index >= 15 is 0 Å². The molecule has 1 aromatic carbocycles. The molecule has 0 heterocycles. The van der Waals surface area contributed by atoms with Gasteiger partial charge in [-0.3, -0.25) is 0 Å². The summed E-state index contributed by atoms with van der Waals surface area (Å²) in [5, 5.41) is 9.30. The van der Waals surface area contributed by atoms with E-state index in [0.717, 1.165) is 5.41 Å². The van der Waals surface area contributed by atoms with Crippen LogP contribution in [0, 0.1) is 11.3 Å². The highest BCUT2D eigenvalue weighted by Crippen LogP contribution is 2.10. The molecule has 1 aromatic rings. The second-order valence-corrected chi connectivity index (χ2v) is 4.43. The summed E-state index contributed by atoms with van der Waals surface area (Å²) in [6.07, 6.45) is 1.44. The first-order valence-electron chi connectivity index (χ1n) is 4.00. The van der Waals surface area contributed by atoms with Gasteiger partial charge in [0, 0.05) is 5.41 Å². The number of nitriles is 1. The standard InChI is InChI=1S/C10H9NO2S/c11-8-4-5-9-14(12,13)10-6-2-1-3-7-10/h1-3,5-7,9H,4H2/b9-5+. The molecule has 0 radical (unpaired) electrons. The van der Waals surface area contributed by atoms with Gasteiger partial charge < -0.3 is 0 Å². The zero-order valence-corrected chi connectivity index (χ0v) is 8.24. The van der Waals surface area contributed by atoms with Crippen molar-refractivity contribution in [1.82, 2.24) is 0 Å². The van der Waals surface area contributed by atoms with Crippen molar-refractivity contribution >= 4 is 9.84 Å². The number of allylic oxidation sites excluding steroid dienone is 1. The molecule has 1 rings (SSSR count). The Bertz CT molecular complexity index is 455. The second kappa shape index (κ2) is 4.58. The molecule has 14 heavy (non-hydrogen) atoms. The molecule has 0 unspecified atom stereocenters. The first kappa shape index (κ1) is 10.5. The maximum atomic E-state index is 11.5. The predicted octanol–water partition coefficient (Wildman–Crippen LogP) is 1.89. The molecule has 0 bridgehead atoms. The number of rotatable bonds is 3. The molecule has 0 fully saturated rings. The van der Waals surface area contributed by atoms with Gasteiger partial charge in [0.25, 0.3) is 0 Å². The Balaban J connectivity index is 2.94. The Labute approximate surface area is 83.2 Å². The molecule has 0 saturated heterocycles. The van der Waals surface area contributed by atoms with Crippen LogP contribution in [0.5, 0.6) is 0 Å². The van der Waals surface area contributed by atoms with Crippen LogP contribution in [0.3, 0.4) is 0 Å². The highest BCUT2D eigenvalue weighted by Gasteiger charge is 2.07. The van der Waals surface area contributed by atoms with Gasteiger partial charge in [-0.1, -0.05) is 24.3 Å². The summed E-state index contributed by atoms with van der Waals surface area (Å²) in [6, 6.07) is 9.94. The lowest BCUT2D eigenvalue weighted by atomic mass is 10.4. The van der Waals surface area contributed by atoms with Gasteiger partial charge in [-0.15, -0.1) is 0 Å². The van der Waals surface area contributed by atoms with Gasteiger partial charge in [0.2, 0.25) is 0 Å². The average molecular weight is 207 g/mol. The maximum absolute atomic E-state index is 11.5. The number of nitrogens with zero attached hydrogens (tertiary/aromatic N) is 1. The van der Waals surface area contributed by atoms with Crippen molar-refractivity contribution in [2.45, 2.75) is 11.3 Å². The highest BCUT2D eigenvalue weighted by molar-refractivity contribution is 7.94. The molecular weight excluding hydrogens is 198 g/mol. The van der Waals surface area contributed by atoms with Crippen LogP contribution in [0.15, 0.2) is 46.7 Å². The van der Waals surface area contributed by atoms with E-state index in [4.69, 9.17) is 5.26 Å². The second-order valence-electron chi connectivity index (χ2n) is 2.59. The molecular formula is C10H9NO2S. The molecule has 0 aliphatic rings. The normalized spacial score (nSPS) is 11.4. The van der Waals surface area contributed by atoms with E-state index in [2.05, 4.69) is 0 Å². The fourth-order valence-electron chi connectivity index (χ4n) is 0.916. The summed E-state index contributed by atoms with van der Waals surface area (Å²) in [4.78, 5) is 0.245. The van der Waals surface area contributed by atoms with Crippen molar-refractivity contribution in [1.29, 1.82) is 5.26 Å². The van der Waals surface area contributed by atoms with Crippen LogP contribution in [0.25, 0.3) is 0 Å². The average Bonchev–Trinajstić information content (AvgIpc) is 2.19. The van der Waals surface area contributed by atoms with E-state index < -0.39 is 9.84 Å². The largest absolute Gasteiger partial charge is 0.219 e. The van der Waals surface area contributed by atoms with Gasteiger partial charge in [-0.2, -0.15) is 5.26 Å². The zero-order chi connectivity index (χ0) is 10.4. The molecule has 0 saturated carbocycles. The first-order valence-corrected chi connectivity index (χ1v) is 5.55. The van der Waals surface area contributed by atoms with Crippen molar-refractivity contribution in [3.63, 3.8) is 0 Å². The minimum absolute atomic E-state index is 0.103. The molecule has 0 aromatic heterocycles. The molecule has 0 aliphatic heterocycles. The quantitative estimate of drug-likeness (QED) is 0.760. The third-order valence-electron chi connectivity index (χ3n) is 1.56. The first-order chi connectivity index (χ1) is 6.67. The molecule has 4 heteroatoms. The molecule has 0 amide bonds. The molecule has 0 N–H and O–H groups in total. The molecule has 0 atom stereocenters. The van der Waals surface area contributed by atoms with Crippen LogP contribution in [0.1, 0.15) is 6.42 Å². The maximum Gasteiger partial charge on any atom is 0.199 e. The molecule has 72 valence electrons. The van der Waals surface area contributed by atoms with E-state index in [1.165, 1.54) is 18.2 Å². The number of benzene rings is 1. The Morgan fingerprint density at radius 1 is 1.29 bits per heavy atom. The van der Waals surface area contributed by atoms with E-state index in [9.17, 15) is 8.42 Å². The van der Waals surface area contributed by atoms with Gasteiger partial charge in [-0.25, -0.2) is 8.42 Å². The van der Waals surface area contributed by atoms with Crippen molar-refractivity contribution in [2.24, 2.45) is 0 Å². The predicted molar refractivity (Wildman–Crippen MR) is 53.0 cm³/mol. The molecule has 0 aliphatic carbocycles. The van der Waals surface area contributed by atoms with E-state index in [1.807, 2.05) is 6.07 Å². The molecule has 0 spiro atoms. The van der Waals surface area contributed by atoms with Gasteiger partial charge >= 0.3 is 0 Å². The Morgan fingerprint density at radius 2 is 1.93 bits per heavy atom. The van der Waals surface area contributed by atoms with E-state index in [0.29, 0.717) is 0 Å².